The lowest BCUT2D eigenvalue weighted by Gasteiger charge is -2.42. The Kier molecular flexibility index (Phi) is 5.19. The lowest BCUT2D eigenvalue weighted by atomic mass is 9.99. The van der Waals surface area contributed by atoms with Crippen molar-refractivity contribution in [2.75, 3.05) is 49.1 Å². The minimum atomic E-state index is -4.39. The van der Waals surface area contributed by atoms with Gasteiger partial charge in [-0.1, -0.05) is 17.4 Å². The summed E-state index contributed by atoms with van der Waals surface area (Å²) in [6.07, 6.45) is -3.53. The van der Waals surface area contributed by atoms with Gasteiger partial charge in [0.25, 0.3) is 0 Å². The number of benzene rings is 1. The monoisotopic (exact) mass is 461 g/mol. The number of rotatable bonds is 3. The summed E-state index contributed by atoms with van der Waals surface area (Å²) in [5.41, 5.74) is 1.43. The van der Waals surface area contributed by atoms with E-state index in [9.17, 15) is 18.0 Å². The van der Waals surface area contributed by atoms with Gasteiger partial charge in [0.1, 0.15) is 5.82 Å². The second kappa shape index (κ2) is 7.91. The van der Waals surface area contributed by atoms with Crippen LogP contribution in [-0.2, 0) is 11.0 Å². The molecule has 1 aromatic carbocycles. The fourth-order valence-corrected chi connectivity index (χ4v) is 5.18. The molecule has 2 fully saturated rings. The number of pyridine rings is 1. The average Bonchev–Trinajstić information content (AvgIpc) is 3.14. The third-order valence-corrected chi connectivity index (χ3v) is 7.10. The molecule has 6 nitrogen and oxygen atoms in total. The standard InChI is InChI=1S/C22H22F3N5OS/c1-14-2-4-17-18(10-14)32-21(27-17)30-12-15(13-30)20(31)29-8-6-28(7-9-29)19-5-3-16(11-26-19)22(23,24)25/h2-5,10-11,15H,6-9,12-13H2,1H3. The van der Waals surface area contributed by atoms with Gasteiger partial charge in [-0.05, 0) is 36.8 Å². The lowest BCUT2D eigenvalue weighted by molar-refractivity contribution is -0.138. The Morgan fingerprint density at radius 1 is 1.06 bits per heavy atom. The second-order valence-electron chi connectivity index (χ2n) is 8.28. The van der Waals surface area contributed by atoms with Crippen molar-refractivity contribution in [1.29, 1.82) is 0 Å². The maximum Gasteiger partial charge on any atom is 0.417 e. The highest BCUT2D eigenvalue weighted by atomic mass is 32.1. The lowest BCUT2D eigenvalue weighted by Crippen LogP contribution is -2.58. The zero-order valence-electron chi connectivity index (χ0n) is 17.5. The normalized spacial score (nSPS) is 17.7. The zero-order valence-corrected chi connectivity index (χ0v) is 18.3. The SMILES string of the molecule is Cc1ccc2nc(N3CC(C(=O)N4CCN(c5ccc(C(F)(F)F)cn5)CC4)C3)sc2c1. The van der Waals surface area contributed by atoms with Crippen molar-refractivity contribution in [2.45, 2.75) is 13.1 Å². The van der Waals surface area contributed by atoms with E-state index in [1.807, 2.05) is 21.9 Å². The summed E-state index contributed by atoms with van der Waals surface area (Å²) in [4.78, 5) is 27.4. The largest absolute Gasteiger partial charge is 0.417 e. The summed E-state index contributed by atoms with van der Waals surface area (Å²) in [5.74, 6) is 0.601. The smallest absolute Gasteiger partial charge is 0.353 e. The molecule has 3 aromatic rings. The van der Waals surface area contributed by atoms with Crippen molar-refractivity contribution in [1.82, 2.24) is 14.9 Å². The summed E-state index contributed by atoms with van der Waals surface area (Å²) < 4.78 is 39.3. The molecule has 0 spiro atoms. The molecule has 1 amide bonds. The number of halogens is 3. The average molecular weight is 462 g/mol. The molecule has 5 rings (SSSR count). The number of thiazole rings is 1. The predicted molar refractivity (Wildman–Crippen MR) is 118 cm³/mol. The number of carbonyl (C=O) groups is 1. The van der Waals surface area contributed by atoms with E-state index < -0.39 is 11.7 Å². The van der Waals surface area contributed by atoms with Crippen LogP contribution in [0.3, 0.4) is 0 Å². The van der Waals surface area contributed by atoms with Crippen LogP contribution in [0.4, 0.5) is 24.1 Å². The maximum absolute atomic E-state index is 12.9. The van der Waals surface area contributed by atoms with Crippen molar-refractivity contribution in [3.8, 4) is 0 Å². The summed E-state index contributed by atoms with van der Waals surface area (Å²) in [6, 6.07) is 8.64. The number of anilines is 2. The number of hydrogen-bond acceptors (Lipinski definition) is 6. The van der Waals surface area contributed by atoms with E-state index in [1.165, 1.54) is 11.6 Å². The van der Waals surface area contributed by atoms with Gasteiger partial charge >= 0.3 is 6.18 Å². The third-order valence-electron chi connectivity index (χ3n) is 6.02. The van der Waals surface area contributed by atoms with Crippen LogP contribution >= 0.6 is 11.3 Å². The van der Waals surface area contributed by atoms with Crippen LogP contribution in [0.15, 0.2) is 36.5 Å². The third kappa shape index (κ3) is 3.99. The van der Waals surface area contributed by atoms with E-state index in [2.05, 4.69) is 27.9 Å². The Bertz CT molecular complexity index is 1130. The zero-order chi connectivity index (χ0) is 22.5. The number of fused-ring (bicyclic) bond motifs is 1. The molecule has 2 aliphatic heterocycles. The summed E-state index contributed by atoms with van der Waals surface area (Å²) in [6.45, 7) is 5.58. The summed E-state index contributed by atoms with van der Waals surface area (Å²) in [5, 5.41) is 0.952. The van der Waals surface area contributed by atoms with Crippen molar-refractivity contribution < 1.29 is 18.0 Å². The number of piperazine rings is 1. The first kappa shape index (κ1) is 21.0. The van der Waals surface area contributed by atoms with Gasteiger partial charge in [0.15, 0.2) is 5.13 Å². The van der Waals surface area contributed by atoms with Crippen LogP contribution in [0, 0.1) is 12.8 Å². The van der Waals surface area contributed by atoms with E-state index in [1.54, 1.807) is 11.3 Å². The van der Waals surface area contributed by atoms with Crippen molar-refractivity contribution in [3.05, 3.63) is 47.7 Å². The Morgan fingerprint density at radius 3 is 2.47 bits per heavy atom. The molecule has 0 unspecified atom stereocenters. The Labute approximate surface area is 187 Å². The minimum Gasteiger partial charge on any atom is -0.353 e. The maximum atomic E-state index is 12.9. The molecule has 0 radical (unpaired) electrons. The predicted octanol–water partition coefficient (Wildman–Crippen LogP) is 3.80. The molecule has 0 aliphatic carbocycles. The van der Waals surface area contributed by atoms with Crippen LogP contribution < -0.4 is 9.80 Å². The van der Waals surface area contributed by atoms with Gasteiger partial charge in [0, 0.05) is 45.5 Å². The van der Waals surface area contributed by atoms with Gasteiger partial charge in [-0.25, -0.2) is 9.97 Å². The van der Waals surface area contributed by atoms with Crippen LogP contribution in [0.1, 0.15) is 11.1 Å². The van der Waals surface area contributed by atoms with Crippen LogP contribution in [0.5, 0.6) is 0 Å². The highest BCUT2D eigenvalue weighted by Gasteiger charge is 2.38. The van der Waals surface area contributed by atoms with Gasteiger partial charge in [-0.2, -0.15) is 13.2 Å². The number of alkyl halides is 3. The molecule has 2 aromatic heterocycles. The molecule has 0 N–H and O–H groups in total. The number of amides is 1. The first-order chi connectivity index (χ1) is 15.3. The molecule has 168 valence electrons. The van der Waals surface area contributed by atoms with Crippen molar-refractivity contribution >= 4 is 38.4 Å². The molecule has 32 heavy (non-hydrogen) atoms. The highest BCUT2D eigenvalue weighted by Crippen LogP contribution is 2.34. The number of aryl methyl sites for hydroxylation is 1. The number of carbonyl (C=O) groups excluding carboxylic acids is 1. The quantitative estimate of drug-likeness (QED) is 0.594. The number of hydrogen-bond donors (Lipinski definition) is 0. The van der Waals surface area contributed by atoms with E-state index in [4.69, 9.17) is 0 Å². The molecule has 0 bridgehead atoms. The molecule has 4 heterocycles. The first-order valence-corrected chi connectivity index (χ1v) is 11.3. The highest BCUT2D eigenvalue weighted by molar-refractivity contribution is 7.22. The van der Waals surface area contributed by atoms with E-state index >= 15 is 0 Å². The van der Waals surface area contributed by atoms with Crippen molar-refractivity contribution in [3.63, 3.8) is 0 Å². The molecule has 2 saturated heterocycles. The molecule has 10 heteroatoms. The van der Waals surface area contributed by atoms with Gasteiger partial charge in [-0.15, -0.1) is 0 Å². The fourth-order valence-electron chi connectivity index (χ4n) is 4.10. The minimum absolute atomic E-state index is 0.0421. The molecular formula is C22H22F3N5OS. The topological polar surface area (TPSA) is 52.6 Å². The Hall–Kier alpha value is -2.88. The van der Waals surface area contributed by atoms with Crippen molar-refractivity contribution in [2.24, 2.45) is 5.92 Å². The fraction of sp³-hybridized carbons (Fsp3) is 0.409. The van der Waals surface area contributed by atoms with Crippen LogP contribution in [0.2, 0.25) is 0 Å². The Morgan fingerprint density at radius 2 is 1.81 bits per heavy atom. The van der Waals surface area contributed by atoms with Gasteiger partial charge in [0.05, 0.1) is 21.7 Å². The van der Waals surface area contributed by atoms with E-state index in [-0.39, 0.29) is 11.8 Å². The van der Waals surface area contributed by atoms with Gasteiger partial charge in [0.2, 0.25) is 5.91 Å². The summed E-state index contributed by atoms with van der Waals surface area (Å²) in [7, 11) is 0. The number of nitrogens with zero attached hydrogens (tertiary/aromatic N) is 5. The first-order valence-electron chi connectivity index (χ1n) is 10.5. The molecule has 2 aliphatic rings. The molecular weight excluding hydrogens is 439 g/mol. The van der Waals surface area contributed by atoms with Gasteiger partial charge < -0.3 is 14.7 Å². The second-order valence-corrected chi connectivity index (χ2v) is 9.29. The molecule has 0 saturated carbocycles. The molecule has 0 atom stereocenters. The Balaban J connectivity index is 1.14. The van der Waals surface area contributed by atoms with E-state index in [0.717, 1.165) is 27.6 Å². The van der Waals surface area contributed by atoms with E-state index in [0.29, 0.717) is 45.1 Å². The van der Waals surface area contributed by atoms with Crippen LogP contribution in [0.25, 0.3) is 10.2 Å². The van der Waals surface area contributed by atoms with Gasteiger partial charge in [-0.3, -0.25) is 4.79 Å². The number of aromatic nitrogens is 2. The summed E-state index contributed by atoms with van der Waals surface area (Å²) >= 11 is 1.65. The van der Waals surface area contributed by atoms with Crippen LogP contribution in [-0.4, -0.2) is 60.0 Å².